The average Bonchev–Trinajstić information content (AvgIpc) is 2.67. The maximum atomic E-state index is 13.1. The largest absolute Gasteiger partial charge is 0.413 e. The van der Waals surface area contributed by atoms with Gasteiger partial charge in [-0.05, 0) is 31.5 Å². The highest BCUT2D eigenvalue weighted by Gasteiger charge is 2.52. The highest BCUT2D eigenvalue weighted by Crippen LogP contribution is 2.37. The van der Waals surface area contributed by atoms with E-state index in [-0.39, 0.29) is 5.82 Å². The third-order valence-corrected chi connectivity index (χ3v) is 3.45. The molecule has 0 aliphatic rings. The van der Waals surface area contributed by atoms with Crippen molar-refractivity contribution in [2.24, 2.45) is 5.73 Å². The lowest BCUT2D eigenvalue weighted by molar-refractivity contribution is -0.186. The smallest absolute Gasteiger partial charge is 0.326 e. The number of fused-ring (bicyclic) bond motifs is 1. The van der Waals surface area contributed by atoms with Crippen molar-refractivity contribution in [3.05, 3.63) is 29.0 Å². The Labute approximate surface area is 119 Å². The number of halogens is 4. The Balaban J connectivity index is 2.72. The van der Waals surface area contributed by atoms with E-state index in [1.807, 2.05) is 6.92 Å². The van der Waals surface area contributed by atoms with Crippen LogP contribution in [0.15, 0.2) is 18.2 Å². The Kier molecular flexibility index (Phi) is 3.73. The van der Waals surface area contributed by atoms with Crippen molar-refractivity contribution in [2.45, 2.75) is 38.5 Å². The summed E-state index contributed by atoms with van der Waals surface area (Å²) in [4.78, 5) is 4.06. The van der Waals surface area contributed by atoms with Crippen LogP contribution in [0.5, 0.6) is 0 Å². The van der Waals surface area contributed by atoms with Gasteiger partial charge < -0.3 is 10.3 Å². The summed E-state index contributed by atoms with van der Waals surface area (Å²) in [5, 5.41) is 0.427. The zero-order valence-corrected chi connectivity index (χ0v) is 11.9. The first-order chi connectivity index (χ1) is 9.18. The molecule has 1 atom stereocenters. The van der Waals surface area contributed by atoms with Crippen LogP contribution < -0.4 is 5.73 Å². The number of aryl methyl sites for hydroxylation is 1. The molecule has 1 unspecified atom stereocenters. The molecule has 2 N–H and O–H groups in total. The summed E-state index contributed by atoms with van der Waals surface area (Å²) in [6.45, 7) is 3.23. The zero-order chi connectivity index (χ0) is 15.1. The SMILES string of the molecule is CCCn1c(C(C)(N)C(F)(F)F)nc2cc(Cl)ccc21. The molecule has 7 heteroatoms. The van der Waals surface area contributed by atoms with E-state index in [9.17, 15) is 13.2 Å². The molecular formula is C13H15ClF3N3. The van der Waals surface area contributed by atoms with Crippen molar-refractivity contribution in [3.8, 4) is 0 Å². The molecule has 0 spiro atoms. The van der Waals surface area contributed by atoms with Gasteiger partial charge in [0.15, 0.2) is 5.54 Å². The fraction of sp³-hybridized carbons (Fsp3) is 0.462. The fourth-order valence-electron chi connectivity index (χ4n) is 2.08. The molecule has 3 nitrogen and oxygen atoms in total. The number of imidazole rings is 1. The Morgan fingerprint density at radius 3 is 2.55 bits per heavy atom. The number of aromatic nitrogens is 2. The van der Waals surface area contributed by atoms with Crippen molar-refractivity contribution in [1.82, 2.24) is 9.55 Å². The molecule has 0 saturated carbocycles. The third kappa shape index (κ3) is 2.38. The molecule has 0 saturated heterocycles. The maximum Gasteiger partial charge on any atom is 0.413 e. The lowest BCUT2D eigenvalue weighted by atomic mass is 10.0. The van der Waals surface area contributed by atoms with Crippen LogP contribution in [0.25, 0.3) is 11.0 Å². The van der Waals surface area contributed by atoms with Crippen LogP contribution in [0.1, 0.15) is 26.1 Å². The molecule has 0 aliphatic heterocycles. The first-order valence-electron chi connectivity index (χ1n) is 6.20. The molecule has 1 heterocycles. The van der Waals surface area contributed by atoms with Gasteiger partial charge in [-0.3, -0.25) is 0 Å². The van der Waals surface area contributed by atoms with Crippen molar-refractivity contribution in [1.29, 1.82) is 0 Å². The molecule has 2 rings (SSSR count). The standard InChI is InChI=1S/C13H15ClF3N3/c1-3-6-20-10-5-4-8(14)7-9(10)19-11(20)12(2,18)13(15,16)17/h4-5,7H,3,6,18H2,1-2H3. The Hall–Kier alpha value is -1.27. The van der Waals surface area contributed by atoms with E-state index in [1.165, 1.54) is 4.57 Å². The van der Waals surface area contributed by atoms with Gasteiger partial charge in [0.2, 0.25) is 0 Å². The van der Waals surface area contributed by atoms with Crippen molar-refractivity contribution < 1.29 is 13.2 Å². The van der Waals surface area contributed by atoms with Gasteiger partial charge in [0, 0.05) is 11.6 Å². The third-order valence-electron chi connectivity index (χ3n) is 3.21. The second-order valence-electron chi connectivity index (χ2n) is 4.92. The van der Waals surface area contributed by atoms with E-state index in [1.54, 1.807) is 18.2 Å². The molecule has 0 aliphatic carbocycles. The number of nitrogens with zero attached hydrogens (tertiary/aromatic N) is 2. The van der Waals surface area contributed by atoms with Crippen LogP contribution >= 0.6 is 11.6 Å². The quantitative estimate of drug-likeness (QED) is 0.936. The second kappa shape index (κ2) is 4.93. The average molecular weight is 306 g/mol. The lowest BCUT2D eigenvalue weighted by Crippen LogP contribution is -2.49. The number of rotatable bonds is 3. The van der Waals surface area contributed by atoms with Gasteiger partial charge in [0.1, 0.15) is 5.82 Å². The van der Waals surface area contributed by atoms with Gasteiger partial charge in [-0.1, -0.05) is 18.5 Å². The highest BCUT2D eigenvalue weighted by molar-refractivity contribution is 6.31. The van der Waals surface area contributed by atoms with Crippen molar-refractivity contribution in [2.75, 3.05) is 0 Å². The van der Waals surface area contributed by atoms with Crippen LogP contribution in [0.2, 0.25) is 5.02 Å². The zero-order valence-electron chi connectivity index (χ0n) is 11.1. The van der Waals surface area contributed by atoms with Crippen LogP contribution in [-0.4, -0.2) is 15.7 Å². The first-order valence-corrected chi connectivity index (χ1v) is 6.58. The van der Waals surface area contributed by atoms with Crippen LogP contribution in [0.3, 0.4) is 0 Å². The monoisotopic (exact) mass is 305 g/mol. The Bertz CT molecular complexity index is 632. The van der Waals surface area contributed by atoms with Crippen molar-refractivity contribution >= 4 is 22.6 Å². The number of nitrogens with two attached hydrogens (primary N) is 1. The van der Waals surface area contributed by atoms with E-state index in [0.717, 1.165) is 6.92 Å². The minimum Gasteiger partial charge on any atom is -0.326 e. The van der Waals surface area contributed by atoms with Gasteiger partial charge in [-0.15, -0.1) is 0 Å². The normalized spacial score (nSPS) is 15.6. The molecule has 1 aromatic heterocycles. The molecule has 0 bridgehead atoms. The number of hydrogen-bond acceptors (Lipinski definition) is 2. The minimum atomic E-state index is -4.58. The molecule has 0 amide bonds. The van der Waals surface area contributed by atoms with Gasteiger partial charge in [0.25, 0.3) is 0 Å². The summed E-state index contributed by atoms with van der Waals surface area (Å²) in [5.74, 6) is -0.191. The molecule has 0 fully saturated rings. The predicted molar refractivity (Wildman–Crippen MR) is 72.6 cm³/mol. The summed E-state index contributed by atoms with van der Waals surface area (Å²) in [6, 6.07) is 4.83. The molecular weight excluding hydrogens is 291 g/mol. The summed E-state index contributed by atoms with van der Waals surface area (Å²) in [7, 11) is 0. The molecule has 20 heavy (non-hydrogen) atoms. The van der Waals surface area contributed by atoms with Crippen molar-refractivity contribution in [3.63, 3.8) is 0 Å². The summed E-state index contributed by atoms with van der Waals surface area (Å²) < 4.78 is 40.9. The predicted octanol–water partition coefficient (Wildman–Crippen LogP) is 3.84. The number of alkyl halides is 3. The molecule has 110 valence electrons. The van der Waals surface area contributed by atoms with Crippen LogP contribution in [0, 0.1) is 0 Å². The Morgan fingerprint density at radius 1 is 1.35 bits per heavy atom. The van der Waals surface area contributed by atoms with E-state index >= 15 is 0 Å². The topological polar surface area (TPSA) is 43.8 Å². The summed E-state index contributed by atoms with van der Waals surface area (Å²) in [5.41, 5.74) is 4.02. The minimum absolute atomic E-state index is 0.191. The highest BCUT2D eigenvalue weighted by atomic mass is 35.5. The van der Waals surface area contributed by atoms with E-state index in [2.05, 4.69) is 4.98 Å². The van der Waals surface area contributed by atoms with Gasteiger partial charge in [0.05, 0.1) is 11.0 Å². The second-order valence-corrected chi connectivity index (χ2v) is 5.36. The lowest BCUT2D eigenvalue weighted by Gasteiger charge is -2.27. The molecule has 1 aromatic carbocycles. The summed E-state index contributed by atoms with van der Waals surface area (Å²) in [6.07, 6.45) is -3.90. The molecule has 2 aromatic rings. The van der Waals surface area contributed by atoms with E-state index < -0.39 is 11.7 Å². The molecule has 0 radical (unpaired) electrons. The fourth-order valence-corrected chi connectivity index (χ4v) is 2.24. The number of benzene rings is 1. The van der Waals surface area contributed by atoms with E-state index in [0.29, 0.717) is 29.0 Å². The first kappa shape index (κ1) is 15.1. The van der Waals surface area contributed by atoms with Gasteiger partial charge in [-0.2, -0.15) is 13.2 Å². The van der Waals surface area contributed by atoms with Gasteiger partial charge in [-0.25, -0.2) is 4.98 Å². The number of hydrogen-bond donors (Lipinski definition) is 1. The summed E-state index contributed by atoms with van der Waals surface area (Å²) >= 11 is 5.86. The van der Waals surface area contributed by atoms with Gasteiger partial charge >= 0.3 is 6.18 Å². The van der Waals surface area contributed by atoms with Crippen LogP contribution in [-0.2, 0) is 12.1 Å². The Morgan fingerprint density at radius 2 is 2.00 bits per heavy atom. The maximum absolute atomic E-state index is 13.1. The van der Waals surface area contributed by atoms with E-state index in [4.69, 9.17) is 17.3 Å². The van der Waals surface area contributed by atoms with Crippen LogP contribution in [0.4, 0.5) is 13.2 Å².